The van der Waals surface area contributed by atoms with Crippen molar-refractivity contribution in [3.8, 4) is 11.8 Å². The molecular weight excluding hydrogens is 212 g/mol. The predicted octanol–water partition coefficient (Wildman–Crippen LogP) is 0.0343. The SMILES string of the molecule is NCCC#Cc1cccc(S(N)(=O)=O)c1. The molecule has 4 N–H and O–H groups in total. The van der Waals surface area contributed by atoms with Crippen molar-refractivity contribution >= 4 is 10.0 Å². The van der Waals surface area contributed by atoms with Gasteiger partial charge in [-0.25, -0.2) is 13.6 Å². The van der Waals surface area contributed by atoms with Crippen LogP contribution in [0.3, 0.4) is 0 Å². The molecule has 0 fully saturated rings. The van der Waals surface area contributed by atoms with E-state index in [0.29, 0.717) is 18.5 Å². The van der Waals surface area contributed by atoms with E-state index in [1.807, 2.05) is 0 Å². The molecule has 0 atom stereocenters. The Morgan fingerprint density at radius 1 is 1.33 bits per heavy atom. The van der Waals surface area contributed by atoms with Crippen LogP contribution in [0.1, 0.15) is 12.0 Å². The number of hydrogen-bond donors (Lipinski definition) is 2. The van der Waals surface area contributed by atoms with E-state index in [-0.39, 0.29) is 4.90 Å². The third-order valence-corrected chi connectivity index (χ3v) is 2.58. The summed E-state index contributed by atoms with van der Waals surface area (Å²) in [6.07, 6.45) is 0.583. The van der Waals surface area contributed by atoms with E-state index >= 15 is 0 Å². The van der Waals surface area contributed by atoms with Gasteiger partial charge in [-0.3, -0.25) is 0 Å². The molecule has 1 aromatic rings. The highest BCUT2D eigenvalue weighted by atomic mass is 32.2. The number of sulfonamides is 1. The normalized spacial score (nSPS) is 10.5. The average molecular weight is 224 g/mol. The van der Waals surface area contributed by atoms with Gasteiger partial charge in [0, 0.05) is 18.5 Å². The molecule has 0 radical (unpaired) electrons. The van der Waals surface area contributed by atoms with E-state index in [9.17, 15) is 8.42 Å². The highest BCUT2D eigenvalue weighted by Gasteiger charge is 2.06. The van der Waals surface area contributed by atoms with Crippen LogP contribution < -0.4 is 10.9 Å². The van der Waals surface area contributed by atoms with Crippen LogP contribution >= 0.6 is 0 Å². The van der Waals surface area contributed by atoms with E-state index < -0.39 is 10.0 Å². The molecule has 0 amide bonds. The number of hydrogen-bond acceptors (Lipinski definition) is 3. The third kappa shape index (κ3) is 3.72. The monoisotopic (exact) mass is 224 g/mol. The second-order valence-corrected chi connectivity index (χ2v) is 4.47. The lowest BCUT2D eigenvalue weighted by molar-refractivity contribution is 0.598. The smallest absolute Gasteiger partial charge is 0.238 e. The van der Waals surface area contributed by atoms with Crippen molar-refractivity contribution in [3.63, 3.8) is 0 Å². The molecule has 1 aromatic carbocycles. The fraction of sp³-hybridized carbons (Fsp3) is 0.200. The summed E-state index contributed by atoms with van der Waals surface area (Å²) in [6, 6.07) is 6.20. The van der Waals surface area contributed by atoms with Crippen molar-refractivity contribution in [1.29, 1.82) is 0 Å². The third-order valence-electron chi connectivity index (χ3n) is 1.66. The van der Waals surface area contributed by atoms with Crippen molar-refractivity contribution in [1.82, 2.24) is 0 Å². The Kier molecular flexibility index (Phi) is 3.86. The second kappa shape index (κ2) is 4.94. The van der Waals surface area contributed by atoms with Gasteiger partial charge in [-0.2, -0.15) is 0 Å². The predicted molar refractivity (Wildman–Crippen MR) is 58.4 cm³/mol. The quantitative estimate of drug-likeness (QED) is 0.695. The van der Waals surface area contributed by atoms with Gasteiger partial charge < -0.3 is 5.73 Å². The molecule has 0 spiro atoms. The van der Waals surface area contributed by atoms with Gasteiger partial charge in [0.05, 0.1) is 4.90 Å². The summed E-state index contributed by atoms with van der Waals surface area (Å²) < 4.78 is 22.0. The largest absolute Gasteiger partial charge is 0.330 e. The van der Waals surface area contributed by atoms with Crippen molar-refractivity contribution in [2.24, 2.45) is 10.9 Å². The first-order valence-electron chi connectivity index (χ1n) is 4.36. The van der Waals surface area contributed by atoms with Crippen LogP contribution in [0.2, 0.25) is 0 Å². The lowest BCUT2D eigenvalue weighted by Gasteiger charge is -1.97. The van der Waals surface area contributed by atoms with Crippen molar-refractivity contribution in [3.05, 3.63) is 29.8 Å². The Bertz CT molecular complexity index is 498. The molecule has 0 unspecified atom stereocenters. The summed E-state index contributed by atoms with van der Waals surface area (Å²) in [6.45, 7) is 0.488. The minimum atomic E-state index is -3.65. The van der Waals surface area contributed by atoms with Crippen molar-refractivity contribution in [2.45, 2.75) is 11.3 Å². The fourth-order valence-corrected chi connectivity index (χ4v) is 1.55. The van der Waals surface area contributed by atoms with Crippen LogP contribution in [0.25, 0.3) is 0 Å². The van der Waals surface area contributed by atoms with Gasteiger partial charge >= 0.3 is 0 Å². The summed E-state index contributed by atoms with van der Waals surface area (Å²) in [4.78, 5) is 0.0713. The molecule has 0 saturated carbocycles. The van der Waals surface area contributed by atoms with Gasteiger partial charge in [-0.15, -0.1) is 0 Å². The molecule has 0 saturated heterocycles. The minimum Gasteiger partial charge on any atom is -0.330 e. The van der Waals surface area contributed by atoms with E-state index in [1.54, 1.807) is 12.1 Å². The van der Waals surface area contributed by atoms with Gasteiger partial charge in [0.2, 0.25) is 10.0 Å². The highest BCUT2D eigenvalue weighted by Crippen LogP contribution is 2.08. The van der Waals surface area contributed by atoms with Gasteiger partial charge in [0.15, 0.2) is 0 Å². The molecule has 0 aromatic heterocycles. The maximum Gasteiger partial charge on any atom is 0.238 e. The molecule has 0 aliphatic carbocycles. The highest BCUT2D eigenvalue weighted by molar-refractivity contribution is 7.89. The maximum absolute atomic E-state index is 11.0. The van der Waals surface area contributed by atoms with Gasteiger partial charge in [-0.1, -0.05) is 17.9 Å². The van der Waals surface area contributed by atoms with Gasteiger partial charge in [-0.05, 0) is 18.2 Å². The molecule has 80 valence electrons. The van der Waals surface area contributed by atoms with Gasteiger partial charge in [0.1, 0.15) is 0 Å². The minimum absolute atomic E-state index is 0.0713. The van der Waals surface area contributed by atoms with E-state index in [0.717, 1.165) is 0 Å². The first-order chi connectivity index (χ1) is 7.04. The zero-order valence-corrected chi connectivity index (χ0v) is 8.92. The summed E-state index contributed by atoms with van der Waals surface area (Å²) >= 11 is 0. The standard InChI is InChI=1S/C10H12N2O2S/c11-7-2-1-4-9-5-3-6-10(8-9)15(12,13)14/h3,5-6,8H,2,7,11H2,(H2,12,13,14). The van der Waals surface area contributed by atoms with Crippen LogP contribution in [0.5, 0.6) is 0 Å². The fourth-order valence-electron chi connectivity index (χ4n) is 0.988. The second-order valence-electron chi connectivity index (χ2n) is 2.91. The summed E-state index contributed by atoms with van der Waals surface area (Å²) in [5.74, 6) is 5.63. The van der Waals surface area contributed by atoms with Crippen molar-refractivity contribution in [2.75, 3.05) is 6.54 Å². The lowest BCUT2D eigenvalue weighted by atomic mass is 10.2. The van der Waals surface area contributed by atoms with Crippen LogP contribution in [0.15, 0.2) is 29.2 Å². The zero-order valence-electron chi connectivity index (χ0n) is 8.10. The number of benzene rings is 1. The Morgan fingerprint density at radius 2 is 2.07 bits per heavy atom. The Labute approximate surface area is 89.3 Å². The molecule has 1 rings (SSSR count). The van der Waals surface area contributed by atoms with Crippen LogP contribution in [-0.2, 0) is 10.0 Å². The topological polar surface area (TPSA) is 86.2 Å². The zero-order chi connectivity index (χ0) is 11.3. The van der Waals surface area contributed by atoms with Crippen molar-refractivity contribution < 1.29 is 8.42 Å². The summed E-state index contributed by atoms with van der Waals surface area (Å²) in [5.41, 5.74) is 5.89. The molecule has 0 heterocycles. The Morgan fingerprint density at radius 3 is 2.67 bits per heavy atom. The molecule has 0 aliphatic rings. The number of nitrogens with two attached hydrogens (primary N) is 2. The molecule has 0 bridgehead atoms. The van der Waals surface area contributed by atoms with Crippen LogP contribution in [0.4, 0.5) is 0 Å². The van der Waals surface area contributed by atoms with Crippen LogP contribution in [-0.4, -0.2) is 15.0 Å². The van der Waals surface area contributed by atoms with Crippen LogP contribution in [0, 0.1) is 11.8 Å². The molecule has 15 heavy (non-hydrogen) atoms. The number of rotatable bonds is 2. The Hall–Kier alpha value is -1.35. The molecule has 5 heteroatoms. The van der Waals surface area contributed by atoms with Gasteiger partial charge in [0.25, 0.3) is 0 Å². The maximum atomic E-state index is 11.0. The Balaban J connectivity index is 3.00. The molecule has 4 nitrogen and oxygen atoms in total. The van der Waals surface area contributed by atoms with E-state index in [4.69, 9.17) is 10.9 Å². The lowest BCUT2D eigenvalue weighted by Crippen LogP contribution is -2.11. The molecular formula is C10H12N2O2S. The summed E-state index contributed by atoms with van der Waals surface area (Å²) in [7, 11) is -3.65. The number of primary sulfonamides is 1. The average Bonchev–Trinajstić information content (AvgIpc) is 2.17. The molecule has 0 aliphatic heterocycles. The first-order valence-corrected chi connectivity index (χ1v) is 5.90. The van der Waals surface area contributed by atoms with E-state index in [1.165, 1.54) is 12.1 Å². The van der Waals surface area contributed by atoms with E-state index in [2.05, 4.69) is 11.8 Å². The summed E-state index contributed by atoms with van der Waals surface area (Å²) in [5, 5.41) is 4.98. The first kappa shape index (κ1) is 11.7.